The van der Waals surface area contributed by atoms with E-state index in [1.54, 1.807) is 4.90 Å². The number of benzene rings is 2. The second-order valence-corrected chi connectivity index (χ2v) is 6.49. The predicted octanol–water partition coefficient (Wildman–Crippen LogP) is 4.22. The van der Waals surface area contributed by atoms with E-state index in [9.17, 15) is 4.79 Å². The number of carbonyl (C=O) groups excluding carboxylic acids is 1. The number of amides is 1. The van der Waals surface area contributed by atoms with Crippen LogP contribution in [-0.4, -0.2) is 12.5 Å². The fourth-order valence-corrected chi connectivity index (χ4v) is 3.40. The van der Waals surface area contributed by atoms with E-state index in [1.807, 2.05) is 37.3 Å². The minimum absolute atomic E-state index is 0.104. The molecule has 4 nitrogen and oxygen atoms in total. The van der Waals surface area contributed by atoms with E-state index >= 15 is 0 Å². The highest BCUT2D eigenvalue weighted by atomic mass is 16.3. The number of hydrogen-bond acceptors (Lipinski definition) is 3. The lowest BCUT2D eigenvalue weighted by atomic mass is 9.99. The summed E-state index contributed by atoms with van der Waals surface area (Å²) in [5.74, 6) is 0.276. The van der Waals surface area contributed by atoms with E-state index in [1.165, 1.54) is 5.56 Å². The van der Waals surface area contributed by atoms with Crippen LogP contribution in [0.25, 0.3) is 11.0 Å². The number of carbonyl (C=O) groups is 1. The molecule has 0 saturated carbocycles. The summed E-state index contributed by atoms with van der Waals surface area (Å²) in [4.78, 5) is 14.8. The number of nitrogens with zero attached hydrogens (tertiary/aromatic N) is 1. The van der Waals surface area contributed by atoms with Crippen LogP contribution in [0, 0.1) is 13.8 Å². The van der Waals surface area contributed by atoms with Gasteiger partial charge in [0.25, 0.3) is 5.91 Å². The molecule has 4 heteroatoms. The molecule has 0 radical (unpaired) electrons. The molecule has 2 N–H and O–H groups in total. The molecule has 1 aromatic heterocycles. The number of nitrogens with two attached hydrogens (primary N) is 1. The van der Waals surface area contributed by atoms with Crippen molar-refractivity contribution in [2.45, 2.75) is 26.7 Å². The highest BCUT2D eigenvalue weighted by molar-refractivity contribution is 6.07. The number of fused-ring (bicyclic) bond motifs is 2. The van der Waals surface area contributed by atoms with E-state index in [0.29, 0.717) is 12.3 Å². The van der Waals surface area contributed by atoms with Gasteiger partial charge in [0.2, 0.25) is 0 Å². The van der Waals surface area contributed by atoms with Crippen molar-refractivity contribution >= 4 is 28.3 Å². The highest BCUT2D eigenvalue weighted by Crippen LogP contribution is 2.33. The zero-order chi connectivity index (χ0) is 16.8. The van der Waals surface area contributed by atoms with Gasteiger partial charge in [-0.2, -0.15) is 0 Å². The zero-order valence-electron chi connectivity index (χ0n) is 13.9. The van der Waals surface area contributed by atoms with Gasteiger partial charge >= 0.3 is 0 Å². The van der Waals surface area contributed by atoms with E-state index in [-0.39, 0.29) is 5.91 Å². The summed E-state index contributed by atoms with van der Waals surface area (Å²) in [6, 6.07) is 11.6. The maximum absolute atomic E-state index is 13.0. The third-order valence-corrected chi connectivity index (χ3v) is 4.88. The molecule has 122 valence electrons. The SMILES string of the molecule is Cc1cc2cc(C(=O)N3CCCc4c(N)cccc43)oc2cc1C. The monoisotopic (exact) mass is 320 g/mol. The van der Waals surface area contributed by atoms with Crippen LogP contribution in [0.4, 0.5) is 11.4 Å². The molecule has 2 heterocycles. The predicted molar refractivity (Wildman–Crippen MR) is 96.5 cm³/mol. The van der Waals surface area contributed by atoms with Gasteiger partial charge in [-0.25, -0.2) is 0 Å². The molecule has 0 atom stereocenters. The standard InChI is InChI=1S/C20H20N2O2/c1-12-9-14-11-19(24-18(14)10-13(12)2)20(23)22-8-4-5-15-16(21)6-3-7-17(15)22/h3,6-7,9-11H,4-5,8,21H2,1-2H3. The average Bonchev–Trinajstić information content (AvgIpc) is 2.97. The molecule has 3 aromatic rings. The lowest BCUT2D eigenvalue weighted by Gasteiger charge is -2.29. The number of anilines is 2. The summed E-state index contributed by atoms with van der Waals surface area (Å²) < 4.78 is 5.84. The summed E-state index contributed by atoms with van der Waals surface area (Å²) in [7, 11) is 0. The number of nitrogen functional groups attached to an aromatic ring is 1. The Labute approximate surface area is 140 Å². The Morgan fingerprint density at radius 2 is 1.96 bits per heavy atom. The van der Waals surface area contributed by atoms with Gasteiger partial charge in [-0.05, 0) is 73.7 Å². The summed E-state index contributed by atoms with van der Waals surface area (Å²) in [6.45, 7) is 4.79. The van der Waals surface area contributed by atoms with E-state index in [2.05, 4.69) is 13.0 Å². The first-order chi connectivity index (χ1) is 11.5. The Bertz CT molecular complexity index is 917. The van der Waals surface area contributed by atoms with Crippen molar-refractivity contribution in [2.75, 3.05) is 17.2 Å². The van der Waals surface area contributed by atoms with Gasteiger partial charge in [0.15, 0.2) is 5.76 Å². The van der Waals surface area contributed by atoms with Crippen LogP contribution in [0.15, 0.2) is 40.8 Å². The molecular formula is C20H20N2O2. The molecule has 24 heavy (non-hydrogen) atoms. The lowest BCUT2D eigenvalue weighted by Crippen LogP contribution is -2.35. The van der Waals surface area contributed by atoms with Gasteiger partial charge in [-0.1, -0.05) is 6.07 Å². The topological polar surface area (TPSA) is 59.5 Å². The first kappa shape index (κ1) is 14.8. The van der Waals surface area contributed by atoms with Crippen molar-refractivity contribution in [1.82, 2.24) is 0 Å². The normalized spacial score (nSPS) is 14.0. The third-order valence-electron chi connectivity index (χ3n) is 4.88. The number of hydrogen-bond donors (Lipinski definition) is 1. The summed E-state index contributed by atoms with van der Waals surface area (Å²) >= 11 is 0. The van der Waals surface area contributed by atoms with Crippen LogP contribution >= 0.6 is 0 Å². The fraction of sp³-hybridized carbons (Fsp3) is 0.250. The fourth-order valence-electron chi connectivity index (χ4n) is 3.40. The number of aryl methyl sites for hydroxylation is 2. The van der Waals surface area contributed by atoms with Crippen molar-refractivity contribution in [1.29, 1.82) is 0 Å². The van der Waals surface area contributed by atoms with Crippen molar-refractivity contribution < 1.29 is 9.21 Å². The smallest absolute Gasteiger partial charge is 0.294 e. The van der Waals surface area contributed by atoms with Crippen molar-refractivity contribution in [3.8, 4) is 0 Å². The molecule has 2 aromatic carbocycles. The van der Waals surface area contributed by atoms with Crippen LogP contribution in [0.2, 0.25) is 0 Å². The van der Waals surface area contributed by atoms with Gasteiger partial charge < -0.3 is 15.1 Å². The van der Waals surface area contributed by atoms with Crippen molar-refractivity contribution in [2.24, 2.45) is 0 Å². The van der Waals surface area contributed by atoms with Crippen molar-refractivity contribution in [3.05, 3.63) is 58.8 Å². The molecule has 1 aliphatic heterocycles. The van der Waals surface area contributed by atoms with Gasteiger partial charge in [0.05, 0.1) is 0 Å². The molecule has 0 saturated heterocycles. The van der Waals surface area contributed by atoms with Crippen LogP contribution in [0.5, 0.6) is 0 Å². The molecule has 0 unspecified atom stereocenters. The third kappa shape index (κ3) is 2.26. The summed E-state index contributed by atoms with van der Waals surface area (Å²) in [5, 5.41) is 0.964. The molecule has 1 amide bonds. The van der Waals surface area contributed by atoms with E-state index in [4.69, 9.17) is 10.2 Å². The first-order valence-electron chi connectivity index (χ1n) is 8.24. The largest absolute Gasteiger partial charge is 0.451 e. The Balaban J connectivity index is 1.76. The molecule has 0 spiro atoms. The number of furan rings is 1. The molecule has 4 rings (SSSR count). The lowest BCUT2D eigenvalue weighted by molar-refractivity contribution is 0.0960. The molecule has 0 aliphatic carbocycles. The minimum Gasteiger partial charge on any atom is -0.451 e. The van der Waals surface area contributed by atoms with Crippen molar-refractivity contribution in [3.63, 3.8) is 0 Å². The van der Waals surface area contributed by atoms with E-state index in [0.717, 1.165) is 46.3 Å². The first-order valence-corrected chi connectivity index (χ1v) is 8.24. The van der Waals surface area contributed by atoms with Crippen LogP contribution in [0.3, 0.4) is 0 Å². The highest BCUT2D eigenvalue weighted by Gasteiger charge is 2.27. The minimum atomic E-state index is -0.104. The van der Waals surface area contributed by atoms with Gasteiger partial charge in [0, 0.05) is 23.3 Å². The Kier molecular flexibility index (Phi) is 3.34. The Hall–Kier alpha value is -2.75. The van der Waals surface area contributed by atoms with Crippen LogP contribution in [-0.2, 0) is 6.42 Å². The molecule has 0 bridgehead atoms. The quantitative estimate of drug-likeness (QED) is 0.683. The second kappa shape index (κ2) is 5.41. The van der Waals surface area contributed by atoms with Gasteiger partial charge in [-0.3, -0.25) is 4.79 Å². The summed E-state index contributed by atoms with van der Waals surface area (Å²) in [6.07, 6.45) is 1.82. The van der Waals surface area contributed by atoms with Crippen LogP contribution < -0.4 is 10.6 Å². The van der Waals surface area contributed by atoms with E-state index < -0.39 is 0 Å². The Morgan fingerprint density at radius 3 is 2.79 bits per heavy atom. The Morgan fingerprint density at radius 1 is 1.17 bits per heavy atom. The average molecular weight is 320 g/mol. The zero-order valence-corrected chi connectivity index (χ0v) is 13.9. The second-order valence-electron chi connectivity index (χ2n) is 6.49. The van der Waals surface area contributed by atoms with Crippen LogP contribution in [0.1, 0.15) is 33.7 Å². The maximum atomic E-state index is 13.0. The van der Waals surface area contributed by atoms with Gasteiger partial charge in [-0.15, -0.1) is 0 Å². The molecule has 1 aliphatic rings. The maximum Gasteiger partial charge on any atom is 0.294 e. The summed E-state index contributed by atoms with van der Waals surface area (Å²) in [5.41, 5.74) is 11.9. The van der Waals surface area contributed by atoms with Gasteiger partial charge in [0.1, 0.15) is 5.58 Å². The number of rotatable bonds is 1. The molecule has 0 fully saturated rings. The molecular weight excluding hydrogens is 300 g/mol.